The number of thioether (sulfide) groups is 1. The van der Waals surface area contributed by atoms with Crippen molar-refractivity contribution in [2.24, 2.45) is 28.1 Å². The molecule has 0 unspecified atom stereocenters. The van der Waals surface area contributed by atoms with Gasteiger partial charge in [-0.2, -0.15) is 0 Å². The van der Waals surface area contributed by atoms with Crippen molar-refractivity contribution in [3.8, 4) is 0 Å². The average Bonchev–Trinajstić information content (AvgIpc) is 3.35. The zero-order chi connectivity index (χ0) is 24.7. The Balaban J connectivity index is 1.44. The van der Waals surface area contributed by atoms with Crippen LogP contribution in [0.15, 0.2) is 47.9 Å². The van der Waals surface area contributed by atoms with Crippen molar-refractivity contribution >= 4 is 11.8 Å². The minimum Gasteiger partial charge on any atom is -0.392 e. The second kappa shape index (κ2) is 10.1. The van der Waals surface area contributed by atoms with Crippen LogP contribution >= 0.6 is 11.8 Å². The predicted octanol–water partition coefficient (Wildman–Crippen LogP) is 6.82. The van der Waals surface area contributed by atoms with Crippen LogP contribution in [0.1, 0.15) is 72.1 Å². The summed E-state index contributed by atoms with van der Waals surface area (Å²) in [5.41, 5.74) is -0.616. The molecule has 0 aromatic heterocycles. The monoisotopic (exact) mass is 500 g/mol. The molecule has 0 bridgehead atoms. The molecule has 9 atom stereocenters. The van der Waals surface area contributed by atoms with Crippen LogP contribution in [0.5, 0.6) is 0 Å². The van der Waals surface area contributed by atoms with Gasteiger partial charge in [0.1, 0.15) is 5.44 Å². The molecule has 2 aliphatic carbocycles. The van der Waals surface area contributed by atoms with Crippen LogP contribution in [0.25, 0.3) is 0 Å². The number of aliphatic hydroxyl groups excluding tert-OH is 1. The van der Waals surface area contributed by atoms with Crippen LogP contribution in [0.3, 0.4) is 0 Å². The molecule has 2 saturated heterocycles. The van der Waals surface area contributed by atoms with Crippen molar-refractivity contribution in [3.63, 3.8) is 0 Å². The minimum atomic E-state index is -0.326. The third-order valence-electron chi connectivity index (χ3n) is 10.1. The summed E-state index contributed by atoms with van der Waals surface area (Å²) in [5.74, 6) is 0.987. The third-order valence-corrected chi connectivity index (χ3v) is 11.4. The van der Waals surface area contributed by atoms with Gasteiger partial charge in [-0.15, -0.1) is 6.58 Å². The summed E-state index contributed by atoms with van der Waals surface area (Å²) < 4.78 is 19.2. The summed E-state index contributed by atoms with van der Waals surface area (Å²) in [5, 5.41) is 11.7. The van der Waals surface area contributed by atoms with E-state index in [9.17, 15) is 5.11 Å². The van der Waals surface area contributed by atoms with Gasteiger partial charge in [0, 0.05) is 27.7 Å². The highest BCUT2D eigenvalue weighted by atomic mass is 32.2. The molecule has 2 heterocycles. The topological polar surface area (TPSA) is 47.9 Å². The summed E-state index contributed by atoms with van der Waals surface area (Å²) in [6.07, 6.45) is 10.1. The number of ether oxygens (including phenoxy) is 3. The Kier molecular flexibility index (Phi) is 7.47. The molecule has 1 N–H and O–H groups in total. The molecule has 0 amide bonds. The van der Waals surface area contributed by atoms with Gasteiger partial charge in [0.05, 0.1) is 18.8 Å². The Labute approximate surface area is 216 Å². The molecule has 2 aliphatic heterocycles. The molecular formula is C30H44O4S. The van der Waals surface area contributed by atoms with Crippen LogP contribution < -0.4 is 0 Å². The first-order chi connectivity index (χ1) is 16.8. The van der Waals surface area contributed by atoms with E-state index < -0.39 is 0 Å². The fraction of sp³-hybridized carbons (Fsp3) is 0.733. The third kappa shape index (κ3) is 4.33. The molecule has 4 fully saturated rings. The van der Waals surface area contributed by atoms with Gasteiger partial charge in [0.25, 0.3) is 0 Å². The van der Waals surface area contributed by atoms with Crippen LogP contribution in [0.2, 0.25) is 0 Å². The maximum absolute atomic E-state index is 11.7. The van der Waals surface area contributed by atoms with E-state index in [1.54, 1.807) is 0 Å². The molecule has 35 heavy (non-hydrogen) atoms. The molecular weight excluding hydrogens is 456 g/mol. The lowest BCUT2D eigenvalue weighted by atomic mass is 9.47. The van der Waals surface area contributed by atoms with Gasteiger partial charge < -0.3 is 19.3 Å². The van der Waals surface area contributed by atoms with Crippen LogP contribution in [-0.2, 0) is 14.2 Å². The first-order valence-corrected chi connectivity index (χ1v) is 14.6. The van der Waals surface area contributed by atoms with E-state index in [1.807, 2.05) is 11.8 Å². The lowest BCUT2D eigenvalue weighted by Crippen LogP contribution is -2.59. The van der Waals surface area contributed by atoms with Gasteiger partial charge in [0.2, 0.25) is 0 Å². The van der Waals surface area contributed by atoms with E-state index >= 15 is 0 Å². The Morgan fingerprint density at radius 3 is 2.66 bits per heavy atom. The van der Waals surface area contributed by atoms with E-state index in [0.717, 1.165) is 45.1 Å². The predicted molar refractivity (Wildman–Crippen MR) is 141 cm³/mol. The number of aliphatic hydroxyl groups is 1. The first kappa shape index (κ1) is 25.8. The van der Waals surface area contributed by atoms with Gasteiger partial charge in [0.15, 0.2) is 6.29 Å². The Morgan fingerprint density at radius 2 is 1.94 bits per heavy atom. The number of hydrogen-bond acceptors (Lipinski definition) is 5. The standard InChI is InChI=1S/C30H44O4S/c1-5-28(3,20-33-26-13-9-10-18-32-26)19-25-29(4)21(2)14-15-22-16-17-24(31)30(22,29)27(34-25)35-23-11-7-6-8-12-23/h5-8,11-12,21-22,24-27,31H,1,9-10,13-20H2,2-4H3/t21-,22+,24-,25+,26-,27+,28-,29+,30+/m1/s1. The number of hydrogen-bond donors (Lipinski definition) is 1. The maximum atomic E-state index is 11.7. The molecule has 5 heteroatoms. The van der Waals surface area contributed by atoms with Crippen LogP contribution in [-0.4, -0.2) is 42.3 Å². The number of benzene rings is 1. The SMILES string of the molecule is C=C[C@@](C)(CO[C@@H]1CCCCO1)C[C@@H]1O[C@@H](Sc2ccccc2)[C@@]23[C@@H](CC[C@@H](C)[C@@]12C)CC[C@H]3O. The molecule has 0 radical (unpaired) electrons. The highest BCUT2D eigenvalue weighted by Crippen LogP contribution is 2.73. The Hall–Kier alpha value is -0.850. The summed E-state index contributed by atoms with van der Waals surface area (Å²) >= 11 is 1.82. The van der Waals surface area contributed by atoms with Gasteiger partial charge in [-0.3, -0.25) is 0 Å². The van der Waals surface area contributed by atoms with Crippen LogP contribution in [0, 0.1) is 28.1 Å². The lowest BCUT2D eigenvalue weighted by Gasteiger charge is -2.56. The van der Waals surface area contributed by atoms with Crippen LogP contribution in [0.4, 0.5) is 0 Å². The molecule has 2 saturated carbocycles. The van der Waals surface area contributed by atoms with Gasteiger partial charge in [-0.25, -0.2) is 0 Å². The molecule has 1 aromatic rings. The summed E-state index contributed by atoms with van der Waals surface area (Å²) in [4.78, 5) is 1.22. The van der Waals surface area contributed by atoms with E-state index in [4.69, 9.17) is 14.2 Å². The van der Waals surface area contributed by atoms with Gasteiger partial charge >= 0.3 is 0 Å². The molecule has 194 valence electrons. The van der Waals surface area contributed by atoms with Crippen molar-refractivity contribution in [1.82, 2.24) is 0 Å². The molecule has 5 rings (SSSR count). The quantitative estimate of drug-likeness (QED) is 0.397. The van der Waals surface area contributed by atoms with E-state index in [-0.39, 0.29) is 40.2 Å². The second-order valence-corrected chi connectivity index (χ2v) is 13.2. The van der Waals surface area contributed by atoms with E-state index in [0.29, 0.717) is 18.4 Å². The average molecular weight is 501 g/mol. The minimum absolute atomic E-state index is 0.0353. The molecule has 4 nitrogen and oxygen atoms in total. The number of rotatable bonds is 8. The molecule has 1 aromatic carbocycles. The van der Waals surface area contributed by atoms with Gasteiger partial charge in [-0.05, 0) is 75.3 Å². The highest BCUT2D eigenvalue weighted by Gasteiger charge is 2.74. The van der Waals surface area contributed by atoms with Crippen molar-refractivity contribution in [3.05, 3.63) is 43.0 Å². The van der Waals surface area contributed by atoms with Gasteiger partial charge in [-0.1, -0.05) is 56.8 Å². The summed E-state index contributed by atoms with van der Waals surface area (Å²) in [6.45, 7) is 12.7. The fourth-order valence-electron chi connectivity index (χ4n) is 7.83. The van der Waals surface area contributed by atoms with Crippen molar-refractivity contribution in [1.29, 1.82) is 0 Å². The zero-order valence-electron chi connectivity index (χ0n) is 21.8. The lowest BCUT2D eigenvalue weighted by molar-refractivity contribution is -0.178. The molecule has 4 aliphatic rings. The van der Waals surface area contributed by atoms with Crippen molar-refractivity contribution < 1.29 is 19.3 Å². The van der Waals surface area contributed by atoms with E-state index in [2.05, 4.69) is 63.8 Å². The largest absolute Gasteiger partial charge is 0.392 e. The maximum Gasteiger partial charge on any atom is 0.157 e. The Bertz CT molecular complexity index is 872. The zero-order valence-corrected chi connectivity index (χ0v) is 22.6. The van der Waals surface area contributed by atoms with Crippen molar-refractivity contribution in [2.75, 3.05) is 13.2 Å². The highest BCUT2D eigenvalue weighted by molar-refractivity contribution is 7.99. The normalized spacial score (nSPS) is 42.7. The fourth-order valence-corrected chi connectivity index (χ4v) is 9.38. The summed E-state index contributed by atoms with van der Waals surface area (Å²) in [6, 6.07) is 10.6. The first-order valence-electron chi connectivity index (χ1n) is 13.8. The van der Waals surface area contributed by atoms with Crippen molar-refractivity contribution in [2.45, 2.75) is 101 Å². The second-order valence-electron chi connectivity index (χ2n) is 12.0. The molecule has 1 spiro atoms. The smallest absolute Gasteiger partial charge is 0.157 e. The summed E-state index contributed by atoms with van der Waals surface area (Å²) in [7, 11) is 0. The Morgan fingerprint density at radius 1 is 1.17 bits per heavy atom. The van der Waals surface area contributed by atoms with E-state index in [1.165, 1.54) is 17.7 Å².